The van der Waals surface area contributed by atoms with E-state index >= 15 is 0 Å². The van der Waals surface area contributed by atoms with E-state index in [2.05, 4.69) is 51.8 Å². The van der Waals surface area contributed by atoms with Gasteiger partial charge in [-0.15, -0.1) is 35.3 Å². The van der Waals surface area contributed by atoms with Crippen molar-refractivity contribution in [2.24, 2.45) is 4.99 Å². The SMILES string of the molecule is CN=C(NCc1ccc(OCc2ccccn2)cc1)NCc1ccc(C)s1.I. The Kier molecular flexibility index (Phi) is 9.22. The Hall–Kier alpha value is -2.13. The molecule has 0 bridgehead atoms. The van der Waals surface area contributed by atoms with Gasteiger partial charge in [-0.05, 0) is 48.9 Å². The van der Waals surface area contributed by atoms with Crippen LogP contribution in [-0.2, 0) is 19.7 Å². The molecule has 2 aromatic heterocycles. The Bertz CT molecular complexity index is 866. The highest BCUT2D eigenvalue weighted by molar-refractivity contribution is 14.0. The maximum absolute atomic E-state index is 5.77. The van der Waals surface area contributed by atoms with Gasteiger partial charge in [0.25, 0.3) is 0 Å². The van der Waals surface area contributed by atoms with Gasteiger partial charge in [0, 0.05) is 29.5 Å². The average Bonchev–Trinajstić information content (AvgIpc) is 3.13. The molecule has 2 heterocycles. The highest BCUT2D eigenvalue weighted by atomic mass is 127. The van der Waals surface area contributed by atoms with E-state index in [9.17, 15) is 0 Å². The predicted molar refractivity (Wildman–Crippen MR) is 127 cm³/mol. The van der Waals surface area contributed by atoms with Crippen molar-refractivity contribution < 1.29 is 4.74 Å². The lowest BCUT2D eigenvalue weighted by atomic mass is 10.2. The Morgan fingerprint density at radius 2 is 1.82 bits per heavy atom. The molecule has 5 nitrogen and oxygen atoms in total. The molecule has 1 aromatic carbocycles. The first-order valence-electron chi connectivity index (χ1n) is 8.84. The summed E-state index contributed by atoms with van der Waals surface area (Å²) in [5.74, 6) is 1.62. The van der Waals surface area contributed by atoms with Crippen molar-refractivity contribution in [3.63, 3.8) is 0 Å². The quantitative estimate of drug-likeness (QED) is 0.280. The lowest BCUT2D eigenvalue weighted by Crippen LogP contribution is -2.36. The molecule has 0 radical (unpaired) electrons. The molecule has 148 valence electrons. The Morgan fingerprint density at radius 1 is 1.04 bits per heavy atom. The number of benzene rings is 1. The summed E-state index contributed by atoms with van der Waals surface area (Å²) in [5, 5.41) is 6.67. The van der Waals surface area contributed by atoms with E-state index in [1.165, 1.54) is 9.75 Å². The lowest BCUT2D eigenvalue weighted by molar-refractivity contribution is 0.301. The molecule has 0 spiro atoms. The van der Waals surface area contributed by atoms with Gasteiger partial charge in [0.2, 0.25) is 0 Å². The number of aryl methyl sites for hydroxylation is 1. The number of rotatable bonds is 7. The monoisotopic (exact) mass is 508 g/mol. The van der Waals surface area contributed by atoms with Crippen LogP contribution in [0.5, 0.6) is 5.75 Å². The lowest BCUT2D eigenvalue weighted by Gasteiger charge is -2.12. The van der Waals surface area contributed by atoms with Crippen LogP contribution in [0.1, 0.15) is 21.0 Å². The van der Waals surface area contributed by atoms with Crippen molar-refractivity contribution in [2.45, 2.75) is 26.6 Å². The van der Waals surface area contributed by atoms with Gasteiger partial charge in [0.1, 0.15) is 12.4 Å². The first-order valence-corrected chi connectivity index (χ1v) is 9.66. The number of thiophene rings is 1. The minimum absolute atomic E-state index is 0. The third-order valence-electron chi connectivity index (χ3n) is 3.95. The summed E-state index contributed by atoms with van der Waals surface area (Å²) >= 11 is 1.80. The Labute approximate surface area is 187 Å². The molecular formula is C21H25IN4OS. The number of halogens is 1. The van der Waals surface area contributed by atoms with Crippen LogP contribution in [0.4, 0.5) is 0 Å². The molecule has 0 aliphatic carbocycles. The van der Waals surface area contributed by atoms with Crippen molar-refractivity contribution in [1.29, 1.82) is 0 Å². The Balaban J connectivity index is 0.00000280. The highest BCUT2D eigenvalue weighted by Crippen LogP contribution is 2.15. The van der Waals surface area contributed by atoms with E-state index in [1.807, 2.05) is 30.3 Å². The third-order valence-corrected chi connectivity index (χ3v) is 4.95. The normalized spacial score (nSPS) is 10.9. The van der Waals surface area contributed by atoms with E-state index in [1.54, 1.807) is 24.6 Å². The zero-order chi connectivity index (χ0) is 18.9. The molecule has 0 saturated heterocycles. The maximum Gasteiger partial charge on any atom is 0.191 e. The molecule has 0 aliphatic rings. The molecule has 0 atom stereocenters. The number of hydrogen-bond donors (Lipinski definition) is 2. The van der Waals surface area contributed by atoms with Gasteiger partial charge in [-0.25, -0.2) is 0 Å². The smallest absolute Gasteiger partial charge is 0.191 e. The molecule has 2 N–H and O–H groups in total. The molecule has 0 aliphatic heterocycles. The van der Waals surface area contributed by atoms with Gasteiger partial charge in [0.15, 0.2) is 5.96 Å². The minimum atomic E-state index is 0. The van der Waals surface area contributed by atoms with E-state index < -0.39 is 0 Å². The maximum atomic E-state index is 5.77. The fourth-order valence-electron chi connectivity index (χ4n) is 2.50. The number of guanidine groups is 1. The molecule has 3 rings (SSSR count). The van der Waals surface area contributed by atoms with Crippen LogP contribution >= 0.6 is 35.3 Å². The second-order valence-electron chi connectivity index (χ2n) is 6.05. The second kappa shape index (κ2) is 11.7. The van der Waals surface area contributed by atoms with Crippen LogP contribution in [0.25, 0.3) is 0 Å². The van der Waals surface area contributed by atoms with Gasteiger partial charge >= 0.3 is 0 Å². The fraction of sp³-hybridized carbons (Fsp3) is 0.238. The Morgan fingerprint density at radius 3 is 2.46 bits per heavy atom. The summed E-state index contributed by atoms with van der Waals surface area (Å²) < 4.78 is 5.77. The van der Waals surface area contributed by atoms with Gasteiger partial charge in [-0.2, -0.15) is 0 Å². The minimum Gasteiger partial charge on any atom is -0.487 e. The van der Waals surface area contributed by atoms with E-state index in [-0.39, 0.29) is 24.0 Å². The van der Waals surface area contributed by atoms with E-state index in [0.29, 0.717) is 13.2 Å². The van der Waals surface area contributed by atoms with Gasteiger partial charge in [-0.1, -0.05) is 18.2 Å². The van der Waals surface area contributed by atoms with Crippen molar-refractivity contribution in [3.05, 3.63) is 81.8 Å². The topological polar surface area (TPSA) is 58.5 Å². The van der Waals surface area contributed by atoms with Crippen molar-refractivity contribution in [1.82, 2.24) is 15.6 Å². The van der Waals surface area contributed by atoms with E-state index in [0.717, 1.165) is 29.5 Å². The average molecular weight is 508 g/mol. The molecule has 28 heavy (non-hydrogen) atoms. The first-order chi connectivity index (χ1) is 13.2. The molecular weight excluding hydrogens is 483 g/mol. The summed E-state index contributed by atoms with van der Waals surface area (Å²) in [7, 11) is 1.78. The van der Waals surface area contributed by atoms with Crippen LogP contribution in [0, 0.1) is 6.92 Å². The molecule has 0 fully saturated rings. The number of nitrogens with one attached hydrogen (secondary N) is 2. The molecule has 0 amide bonds. The molecule has 0 unspecified atom stereocenters. The summed E-state index contributed by atoms with van der Waals surface area (Å²) in [4.78, 5) is 11.1. The van der Waals surface area contributed by atoms with Crippen LogP contribution in [-0.4, -0.2) is 18.0 Å². The zero-order valence-electron chi connectivity index (χ0n) is 16.0. The number of pyridine rings is 1. The number of aromatic nitrogens is 1. The van der Waals surface area contributed by atoms with Crippen molar-refractivity contribution in [2.75, 3.05) is 7.05 Å². The number of aliphatic imine (C=N–C) groups is 1. The summed E-state index contributed by atoms with van der Waals surface area (Å²) in [6.07, 6.45) is 1.77. The number of hydrogen-bond acceptors (Lipinski definition) is 4. The second-order valence-corrected chi connectivity index (χ2v) is 7.42. The van der Waals surface area contributed by atoms with Crippen LogP contribution < -0.4 is 15.4 Å². The third kappa shape index (κ3) is 7.12. The summed E-state index contributed by atoms with van der Waals surface area (Å²) in [5.41, 5.74) is 2.08. The largest absolute Gasteiger partial charge is 0.487 e. The van der Waals surface area contributed by atoms with Crippen molar-refractivity contribution in [3.8, 4) is 5.75 Å². The zero-order valence-corrected chi connectivity index (χ0v) is 19.2. The van der Waals surface area contributed by atoms with Gasteiger partial charge < -0.3 is 15.4 Å². The number of nitrogens with zero attached hydrogens (tertiary/aromatic N) is 2. The van der Waals surface area contributed by atoms with Gasteiger partial charge in [-0.3, -0.25) is 9.98 Å². The summed E-state index contributed by atoms with van der Waals surface area (Å²) in [6.45, 7) is 4.06. The fourth-order valence-corrected chi connectivity index (χ4v) is 3.33. The highest BCUT2D eigenvalue weighted by Gasteiger charge is 2.02. The summed E-state index contributed by atoms with van der Waals surface area (Å²) in [6, 6.07) is 18.1. The molecule has 7 heteroatoms. The van der Waals surface area contributed by atoms with Crippen LogP contribution in [0.15, 0.2) is 65.8 Å². The van der Waals surface area contributed by atoms with Crippen molar-refractivity contribution >= 4 is 41.3 Å². The van der Waals surface area contributed by atoms with E-state index in [4.69, 9.17) is 4.74 Å². The standard InChI is InChI=1S/C21H24N4OS.HI/c1-16-6-11-20(27-16)14-25-21(22-2)24-13-17-7-9-19(10-8-17)26-15-18-5-3-4-12-23-18;/h3-12H,13-15H2,1-2H3,(H2,22,24,25);1H. The number of ether oxygens (including phenoxy) is 1. The molecule has 0 saturated carbocycles. The molecule has 3 aromatic rings. The van der Waals surface area contributed by atoms with Gasteiger partial charge in [0.05, 0.1) is 12.2 Å². The van der Waals surface area contributed by atoms with Crippen LogP contribution in [0.2, 0.25) is 0 Å². The predicted octanol–water partition coefficient (Wildman–Crippen LogP) is 4.51. The first kappa shape index (κ1) is 22.2. The van der Waals surface area contributed by atoms with Crippen LogP contribution in [0.3, 0.4) is 0 Å².